The zero-order chi connectivity index (χ0) is 21.4. The van der Waals surface area contributed by atoms with Crippen molar-refractivity contribution in [3.05, 3.63) is 47.5 Å². The highest BCUT2D eigenvalue weighted by molar-refractivity contribution is 5.62. The SMILES string of the molecule is COc1ccc(C(O)C(C)Oc2c(OC)cc(C=CCO)cc2OC)cc1OC. The molecule has 0 aliphatic carbocycles. The Bertz CT molecular complexity index is 807. The Morgan fingerprint density at radius 3 is 1.97 bits per heavy atom. The maximum Gasteiger partial charge on any atom is 0.203 e. The molecule has 2 rings (SSSR count). The van der Waals surface area contributed by atoms with Gasteiger partial charge >= 0.3 is 0 Å². The van der Waals surface area contributed by atoms with Crippen molar-refractivity contribution >= 4 is 6.08 Å². The van der Waals surface area contributed by atoms with Crippen LogP contribution in [0.2, 0.25) is 0 Å². The molecule has 2 aromatic carbocycles. The van der Waals surface area contributed by atoms with Crippen LogP contribution >= 0.6 is 0 Å². The minimum atomic E-state index is -0.932. The van der Waals surface area contributed by atoms with Gasteiger partial charge in [0.2, 0.25) is 5.75 Å². The summed E-state index contributed by atoms with van der Waals surface area (Å²) in [6.07, 6.45) is 1.81. The first kappa shape index (κ1) is 22.4. The Labute approximate surface area is 171 Å². The third-order valence-corrected chi connectivity index (χ3v) is 4.40. The largest absolute Gasteiger partial charge is 0.493 e. The maximum atomic E-state index is 10.8. The van der Waals surface area contributed by atoms with Gasteiger partial charge in [0.15, 0.2) is 23.0 Å². The van der Waals surface area contributed by atoms with E-state index in [2.05, 4.69) is 0 Å². The average Bonchev–Trinajstić information content (AvgIpc) is 2.76. The quantitative estimate of drug-likeness (QED) is 0.629. The maximum absolute atomic E-state index is 10.8. The van der Waals surface area contributed by atoms with Gasteiger partial charge in [-0.15, -0.1) is 0 Å². The lowest BCUT2D eigenvalue weighted by Crippen LogP contribution is -2.22. The summed E-state index contributed by atoms with van der Waals surface area (Å²) in [5.41, 5.74) is 1.41. The lowest BCUT2D eigenvalue weighted by Gasteiger charge is -2.24. The van der Waals surface area contributed by atoms with Crippen LogP contribution in [0.5, 0.6) is 28.7 Å². The van der Waals surface area contributed by atoms with Crippen molar-refractivity contribution in [2.45, 2.75) is 19.1 Å². The van der Waals surface area contributed by atoms with Gasteiger partial charge in [-0.25, -0.2) is 0 Å². The van der Waals surface area contributed by atoms with Crippen LogP contribution in [0, 0.1) is 0 Å². The van der Waals surface area contributed by atoms with Crippen molar-refractivity contribution in [2.75, 3.05) is 35.0 Å². The Morgan fingerprint density at radius 2 is 1.45 bits per heavy atom. The van der Waals surface area contributed by atoms with Gasteiger partial charge in [0, 0.05) is 0 Å². The molecule has 2 N–H and O–H groups in total. The molecular formula is C22H28O7. The first-order valence-corrected chi connectivity index (χ1v) is 9.09. The summed E-state index contributed by atoms with van der Waals surface area (Å²) in [4.78, 5) is 0. The van der Waals surface area contributed by atoms with E-state index in [-0.39, 0.29) is 6.61 Å². The smallest absolute Gasteiger partial charge is 0.203 e. The molecule has 158 valence electrons. The van der Waals surface area contributed by atoms with Crippen LogP contribution < -0.4 is 23.7 Å². The Kier molecular flexibility index (Phi) is 8.18. The first-order valence-electron chi connectivity index (χ1n) is 9.09. The van der Waals surface area contributed by atoms with E-state index in [4.69, 9.17) is 28.8 Å². The molecule has 0 aromatic heterocycles. The summed E-state index contributed by atoms with van der Waals surface area (Å²) in [6.45, 7) is 1.68. The van der Waals surface area contributed by atoms with Gasteiger partial charge in [0.1, 0.15) is 12.2 Å². The van der Waals surface area contributed by atoms with Crippen molar-refractivity contribution < 1.29 is 33.9 Å². The predicted octanol–water partition coefficient (Wildman–Crippen LogP) is 3.23. The van der Waals surface area contributed by atoms with E-state index in [1.807, 2.05) is 0 Å². The van der Waals surface area contributed by atoms with E-state index in [0.717, 1.165) is 5.56 Å². The molecule has 0 saturated heterocycles. The fourth-order valence-electron chi connectivity index (χ4n) is 2.86. The third kappa shape index (κ3) is 5.34. The molecule has 0 amide bonds. The summed E-state index contributed by atoms with van der Waals surface area (Å²) in [5.74, 6) is 2.38. The normalized spacial score (nSPS) is 13.1. The number of hydrogen-bond donors (Lipinski definition) is 2. The van der Waals surface area contributed by atoms with E-state index < -0.39 is 12.2 Å². The highest BCUT2D eigenvalue weighted by Crippen LogP contribution is 2.41. The van der Waals surface area contributed by atoms with Crippen molar-refractivity contribution in [1.29, 1.82) is 0 Å². The standard InChI is InChI=1S/C22H28O7/c1-14(21(24)16-8-9-17(25-2)18(13-16)26-3)29-22-19(27-4)11-15(7-6-10-23)12-20(22)28-5/h6-9,11-14,21,23-24H,10H2,1-5H3. The molecule has 0 aliphatic rings. The minimum Gasteiger partial charge on any atom is -0.493 e. The summed E-state index contributed by atoms with van der Waals surface area (Å²) in [6, 6.07) is 8.72. The summed E-state index contributed by atoms with van der Waals surface area (Å²) in [7, 11) is 6.14. The zero-order valence-corrected chi connectivity index (χ0v) is 17.3. The molecule has 0 fully saturated rings. The van der Waals surface area contributed by atoms with Crippen LogP contribution in [0.1, 0.15) is 24.2 Å². The van der Waals surface area contributed by atoms with Gasteiger partial charge in [-0.2, -0.15) is 0 Å². The monoisotopic (exact) mass is 404 g/mol. The molecule has 2 unspecified atom stereocenters. The summed E-state index contributed by atoms with van der Waals surface area (Å²) in [5, 5.41) is 19.8. The average molecular weight is 404 g/mol. The second kappa shape index (κ2) is 10.6. The van der Waals surface area contributed by atoms with Crippen LogP contribution in [-0.2, 0) is 0 Å². The molecular weight excluding hydrogens is 376 g/mol. The molecule has 0 spiro atoms. The molecule has 0 bridgehead atoms. The zero-order valence-electron chi connectivity index (χ0n) is 17.3. The van der Waals surface area contributed by atoms with Crippen LogP contribution in [0.25, 0.3) is 6.08 Å². The highest BCUT2D eigenvalue weighted by atomic mass is 16.5. The van der Waals surface area contributed by atoms with Gasteiger partial charge < -0.3 is 33.9 Å². The molecule has 2 aromatic rings. The Morgan fingerprint density at radius 1 is 0.862 bits per heavy atom. The van der Waals surface area contributed by atoms with Gasteiger partial charge in [0.05, 0.1) is 35.0 Å². The topological polar surface area (TPSA) is 86.6 Å². The Balaban J connectivity index is 2.31. The molecule has 0 saturated carbocycles. The van der Waals surface area contributed by atoms with Crippen molar-refractivity contribution in [3.8, 4) is 28.7 Å². The number of aliphatic hydroxyl groups excluding tert-OH is 2. The number of rotatable bonds is 10. The molecule has 0 heterocycles. The lowest BCUT2D eigenvalue weighted by molar-refractivity contribution is 0.0433. The van der Waals surface area contributed by atoms with E-state index >= 15 is 0 Å². The second-order valence-corrected chi connectivity index (χ2v) is 6.22. The number of methoxy groups -OCH3 is 4. The van der Waals surface area contributed by atoms with Gasteiger partial charge in [-0.3, -0.25) is 0 Å². The van der Waals surface area contributed by atoms with Gasteiger partial charge in [-0.05, 0) is 42.3 Å². The first-order chi connectivity index (χ1) is 14.0. The molecule has 29 heavy (non-hydrogen) atoms. The van der Waals surface area contributed by atoms with Crippen molar-refractivity contribution in [2.24, 2.45) is 0 Å². The van der Waals surface area contributed by atoms with Crippen LogP contribution in [0.4, 0.5) is 0 Å². The number of aliphatic hydroxyl groups is 2. The van der Waals surface area contributed by atoms with Gasteiger partial charge in [-0.1, -0.05) is 18.2 Å². The molecule has 0 radical (unpaired) electrons. The number of ether oxygens (including phenoxy) is 5. The van der Waals surface area contributed by atoms with Crippen molar-refractivity contribution in [3.63, 3.8) is 0 Å². The van der Waals surface area contributed by atoms with Crippen LogP contribution in [0.3, 0.4) is 0 Å². The summed E-state index contributed by atoms with van der Waals surface area (Å²) >= 11 is 0. The number of benzene rings is 2. The minimum absolute atomic E-state index is 0.0720. The lowest BCUT2D eigenvalue weighted by atomic mass is 10.0. The molecule has 7 nitrogen and oxygen atoms in total. The Hall–Kier alpha value is -2.90. The fraction of sp³-hybridized carbons (Fsp3) is 0.364. The van der Waals surface area contributed by atoms with Crippen molar-refractivity contribution in [1.82, 2.24) is 0 Å². The molecule has 7 heteroatoms. The third-order valence-electron chi connectivity index (χ3n) is 4.40. The van der Waals surface area contributed by atoms with Gasteiger partial charge in [0.25, 0.3) is 0 Å². The second-order valence-electron chi connectivity index (χ2n) is 6.22. The predicted molar refractivity (Wildman–Crippen MR) is 110 cm³/mol. The van der Waals surface area contributed by atoms with E-state index in [9.17, 15) is 5.11 Å². The number of hydrogen-bond acceptors (Lipinski definition) is 7. The molecule has 2 atom stereocenters. The molecule has 0 aliphatic heterocycles. The summed E-state index contributed by atoms with van der Waals surface area (Å²) < 4.78 is 27.4. The highest BCUT2D eigenvalue weighted by Gasteiger charge is 2.23. The van der Waals surface area contributed by atoms with Crippen LogP contribution in [0.15, 0.2) is 36.4 Å². The van der Waals surface area contributed by atoms with Crippen LogP contribution in [-0.4, -0.2) is 51.4 Å². The van der Waals surface area contributed by atoms with E-state index in [1.165, 1.54) is 21.3 Å². The fourth-order valence-corrected chi connectivity index (χ4v) is 2.86. The van der Waals surface area contributed by atoms with E-state index in [0.29, 0.717) is 34.3 Å². The van der Waals surface area contributed by atoms with E-state index in [1.54, 1.807) is 56.5 Å².